The van der Waals surface area contributed by atoms with Crippen LogP contribution in [0.4, 0.5) is 5.69 Å². The van der Waals surface area contributed by atoms with Crippen molar-refractivity contribution in [1.82, 2.24) is 5.43 Å². The molecule has 1 aliphatic rings. The van der Waals surface area contributed by atoms with Gasteiger partial charge >= 0.3 is 0 Å². The van der Waals surface area contributed by atoms with Crippen LogP contribution in [0.1, 0.15) is 25.0 Å². The van der Waals surface area contributed by atoms with E-state index in [2.05, 4.69) is 5.43 Å². The van der Waals surface area contributed by atoms with Crippen LogP contribution in [0.3, 0.4) is 0 Å². The summed E-state index contributed by atoms with van der Waals surface area (Å²) in [6, 6.07) is 7.35. The van der Waals surface area contributed by atoms with Crippen molar-refractivity contribution in [2.24, 2.45) is 0 Å². The van der Waals surface area contributed by atoms with E-state index >= 15 is 0 Å². The largest absolute Gasteiger partial charge is 0.389 e. The quantitative estimate of drug-likeness (QED) is 0.758. The SMILES string of the molecule is CC(O)c1cccc(N2NCCC2=O)c1. The Morgan fingerprint density at radius 1 is 1.53 bits per heavy atom. The van der Waals surface area contributed by atoms with Crippen molar-refractivity contribution in [3.63, 3.8) is 0 Å². The Balaban J connectivity index is 2.28. The van der Waals surface area contributed by atoms with E-state index in [0.717, 1.165) is 11.3 Å². The molecule has 0 spiro atoms. The molecule has 1 atom stereocenters. The number of aliphatic hydroxyl groups excluding tert-OH is 1. The Morgan fingerprint density at radius 3 is 2.93 bits per heavy atom. The normalized spacial score (nSPS) is 18.3. The van der Waals surface area contributed by atoms with Crippen LogP contribution in [0.2, 0.25) is 0 Å². The van der Waals surface area contributed by atoms with Crippen molar-refractivity contribution in [1.29, 1.82) is 0 Å². The van der Waals surface area contributed by atoms with Crippen LogP contribution in [-0.2, 0) is 4.79 Å². The van der Waals surface area contributed by atoms with Gasteiger partial charge in [-0.2, -0.15) is 0 Å². The van der Waals surface area contributed by atoms with E-state index < -0.39 is 6.10 Å². The molecule has 2 N–H and O–H groups in total. The molecule has 1 unspecified atom stereocenters. The molecule has 0 aromatic heterocycles. The van der Waals surface area contributed by atoms with Gasteiger partial charge in [0.1, 0.15) is 0 Å². The molecular weight excluding hydrogens is 192 g/mol. The van der Waals surface area contributed by atoms with Gasteiger partial charge in [-0.15, -0.1) is 0 Å². The van der Waals surface area contributed by atoms with E-state index in [-0.39, 0.29) is 5.91 Å². The Morgan fingerprint density at radius 2 is 2.33 bits per heavy atom. The number of benzene rings is 1. The monoisotopic (exact) mass is 206 g/mol. The van der Waals surface area contributed by atoms with Crippen LogP contribution in [-0.4, -0.2) is 17.6 Å². The molecule has 4 nitrogen and oxygen atoms in total. The fourth-order valence-electron chi connectivity index (χ4n) is 1.63. The van der Waals surface area contributed by atoms with E-state index in [1.54, 1.807) is 6.92 Å². The van der Waals surface area contributed by atoms with Crippen molar-refractivity contribution >= 4 is 11.6 Å². The highest BCUT2D eigenvalue weighted by Crippen LogP contribution is 2.21. The number of nitrogens with one attached hydrogen (secondary N) is 1. The summed E-state index contributed by atoms with van der Waals surface area (Å²) in [6.45, 7) is 2.39. The Kier molecular flexibility index (Phi) is 2.70. The van der Waals surface area contributed by atoms with Crippen molar-refractivity contribution in [3.05, 3.63) is 29.8 Å². The zero-order chi connectivity index (χ0) is 10.8. The number of hydrogen-bond donors (Lipinski definition) is 2. The lowest BCUT2D eigenvalue weighted by molar-refractivity contribution is -0.117. The third kappa shape index (κ3) is 2.00. The second-order valence-electron chi connectivity index (χ2n) is 3.66. The molecule has 1 aromatic rings. The minimum absolute atomic E-state index is 0.0674. The fraction of sp³-hybridized carbons (Fsp3) is 0.364. The first-order chi connectivity index (χ1) is 7.18. The van der Waals surface area contributed by atoms with Gasteiger partial charge in [0, 0.05) is 13.0 Å². The third-order valence-corrected chi connectivity index (χ3v) is 2.47. The van der Waals surface area contributed by atoms with E-state index in [4.69, 9.17) is 0 Å². The van der Waals surface area contributed by atoms with Gasteiger partial charge in [-0.05, 0) is 24.6 Å². The maximum Gasteiger partial charge on any atom is 0.242 e. The zero-order valence-corrected chi connectivity index (χ0v) is 8.60. The number of anilines is 1. The summed E-state index contributed by atoms with van der Waals surface area (Å²) in [6.07, 6.45) is 0.0153. The van der Waals surface area contributed by atoms with Crippen LogP contribution >= 0.6 is 0 Å². The first-order valence-corrected chi connectivity index (χ1v) is 5.03. The third-order valence-electron chi connectivity index (χ3n) is 2.47. The van der Waals surface area contributed by atoms with Crippen molar-refractivity contribution in [2.75, 3.05) is 11.6 Å². The Labute approximate surface area is 88.5 Å². The maximum atomic E-state index is 11.5. The van der Waals surface area contributed by atoms with E-state index in [1.807, 2.05) is 24.3 Å². The summed E-state index contributed by atoms with van der Waals surface area (Å²) in [7, 11) is 0. The highest BCUT2D eigenvalue weighted by atomic mass is 16.3. The number of amides is 1. The number of hydrogen-bond acceptors (Lipinski definition) is 3. The van der Waals surface area contributed by atoms with Crippen LogP contribution in [0.15, 0.2) is 24.3 Å². The smallest absolute Gasteiger partial charge is 0.242 e. The molecule has 0 radical (unpaired) electrons. The predicted molar refractivity (Wildman–Crippen MR) is 57.2 cm³/mol. The van der Waals surface area contributed by atoms with Crippen LogP contribution in [0.5, 0.6) is 0 Å². The van der Waals surface area contributed by atoms with Gasteiger partial charge in [0.25, 0.3) is 0 Å². The second-order valence-corrected chi connectivity index (χ2v) is 3.66. The van der Waals surface area contributed by atoms with E-state index in [9.17, 15) is 9.90 Å². The number of hydrazine groups is 1. The molecule has 1 amide bonds. The molecule has 4 heteroatoms. The highest BCUT2D eigenvalue weighted by molar-refractivity contribution is 5.94. The molecular formula is C11H14N2O2. The van der Waals surface area contributed by atoms with E-state index in [1.165, 1.54) is 5.01 Å². The average molecular weight is 206 g/mol. The number of rotatable bonds is 2. The number of carbonyl (C=O) groups excluding carboxylic acids is 1. The Hall–Kier alpha value is -1.39. The fourth-order valence-corrected chi connectivity index (χ4v) is 1.63. The molecule has 0 bridgehead atoms. The summed E-state index contributed by atoms with van der Waals surface area (Å²) in [5.41, 5.74) is 4.59. The van der Waals surface area contributed by atoms with Crippen molar-refractivity contribution in [2.45, 2.75) is 19.4 Å². The topological polar surface area (TPSA) is 52.6 Å². The molecule has 1 heterocycles. The molecule has 1 aromatic carbocycles. The molecule has 0 aliphatic carbocycles. The van der Waals surface area contributed by atoms with Gasteiger partial charge in [0.15, 0.2) is 0 Å². The minimum atomic E-state index is -0.511. The summed E-state index contributed by atoms with van der Waals surface area (Å²) in [4.78, 5) is 11.5. The summed E-state index contributed by atoms with van der Waals surface area (Å²) in [5, 5.41) is 11.0. The van der Waals surface area contributed by atoms with Crippen LogP contribution < -0.4 is 10.4 Å². The molecule has 0 saturated carbocycles. The summed E-state index contributed by atoms with van der Waals surface area (Å²) < 4.78 is 0. The lowest BCUT2D eigenvalue weighted by Gasteiger charge is -2.17. The zero-order valence-electron chi connectivity index (χ0n) is 8.60. The predicted octanol–water partition coefficient (Wildman–Crippen LogP) is 0.981. The standard InChI is InChI=1S/C11H14N2O2/c1-8(14)9-3-2-4-10(7-9)13-11(15)5-6-12-13/h2-4,7-8,12,14H,5-6H2,1H3. The maximum absolute atomic E-state index is 11.5. The molecule has 2 rings (SSSR count). The highest BCUT2D eigenvalue weighted by Gasteiger charge is 2.21. The summed E-state index contributed by atoms with van der Waals surface area (Å²) in [5.74, 6) is 0.0674. The lowest BCUT2D eigenvalue weighted by Crippen LogP contribution is -2.34. The molecule has 80 valence electrons. The summed E-state index contributed by atoms with van der Waals surface area (Å²) >= 11 is 0. The molecule has 1 saturated heterocycles. The molecule has 1 fully saturated rings. The first kappa shape index (κ1) is 10.1. The van der Waals surface area contributed by atoms with Gasteiger partial charge in [0.05, 0.1) is 11.8 Å². The Bertz CT molecular complexity index is 377. The van der Waals surface area contributed by atoms with Crippen molar-refractivity contribution in [3.8, 4) is 0 Å². The van der Waals surface area contributed by atoms with Gasteiger partial charge in [-0.3, -0.25) is 4.79 Å². The number of aliphatic hydroxyl groups is 1. The van der Waals surface area contributed by atoms with Gasteiger partial charge in [-0.25, -0.2) is 10.4 Å². The molecule has 1 aliphatic heterocycles. The average Bonchev–Trinajstić information content (AvgIpc) is 2.64. The van der Waals surface area contributed by atoms with Crippen LogP contribution in [0, 0.1) is 0 Å². The number of carbonyl (C=O) groups is 1. The van der Waals surface area contributed by atoms with Gasteiger partial charge in [0.2, 0.25) is 5.91 Å². The van der Waals surface area contributed by atoms with E-state index in [0.29, 0.717) is 13.0 Å². The molecule has 15 heavy (non-hydrogen) atoms. The van der Waals surface area contributed by atoms with Gasteiger partial charge < -0.3 is 5.11 Å². The first-order valence-electron chi connectivity index (χ1n) is 5.03. The van der Waals surface area contributed by atoms with Gasteiger partial charge in [-0.1, -0.05) is 12.1 Å². The number of nitrogens with zero attached hydrogens (tertiary/aromatic N) is 1. The van der Waals surface area contributed by atoms with Crippen molar-refractivity contribution < 1.29 is 9.90 Å². The van der Waals surface area contributed by atoms with Crippen LogP contribution in [0.25, 0.3) is 0 Å². The minimum Gasteiger partial charge on any atom is -0.389 e. The lowest BCUT2D eigenvalue weighted by atomic mass is 10.1. The second kappa shape index (κ2) is 4.00.